The Bertz CT molecular complexity index is 608. The molecule has 14 nitrogen and oxygen atoms in total. The minimum atomic E-state index is -1.18. The highest BCUT2D eigenvalue weighted by Gasteiger charge is 2.12. The molecule has 14 heteroatoms. The SMILES string of the molecule is N[C@@H](CCC(=O)O)C(=O)O.N[C@@H](CO)C(=O)O.N[C@@H](Cc1cnc[nH]1)C(=O)O. The van der Waals surface area contributed by atoms with Crippen molar-refractivity contribution in [3.63, 3.8) is 0 Å². The Labute approximate surface area is 159 Å². The summed E-state index contributed by atoms with van der Waals surface area (Å²) >= 11 is 0. The number of H-pyrrole nitrogens is 1. The number of aliphatic carboxylic acids is 4. The number of imidazole rings is 1. The maximum Gasteiger partial charge on any atom is 0.322 e. The van der Waals surface area contributed by atoms with Gasteiger partial charge in [0, 0.05) is 24.7 Å². The summed E-state index contributed by atoms with van der Waals surface area (Å²) in [7, 11) is 0. The number of aliphatic hydroxyl groups excluding tert-OH is 1. The van der Waals surface area contributed by atoms with Gasteiger partial charge in [-0.3, -0.25) is 19.2 Å². The van der Waals surface area contributed by atoms with Gasteiger partial charge in [0.25, 0.3) is 0 Å². The third-order valence-electron chi connectivity index (χ3n) is 2.81. The molecule has 0 amide bonds. The van der Waals surface area contributed by atoms with Gasteiger partial charge in [-0.2, -0.15) is 0 Å². The first-order valence-electron chi connectivity index (χ1n) is 7.67. The van der Waals surface area contributed by atoms with Gasteiger partial charge in [-0.25, -0.2) is 4.98 Å². The molecule has 28 heavy (non-hydrogen) atoms. The number of carboxylic acids is 4. The van der Waals surface area contributed by atoms with Crippen LogP contribution in [-0.4, -0.2) is 84.1 Å². The summed E-state index contributed by atoms with van der Waals surface area (Å²) in [5.41, 5.74) is 15.8. The van der Waals surface area contributed by atoms with Crippen LogP contribution in [-0.2, 0) is 25.6 Å². The number of hydrogen-bond donors (Lipinski definition) is 9. The average molecular weight is 407 g/mol. The zero-order valence-corrected chi connectivity index (χ0v) is 14.8. The van der Waals surface area contributed by atoms with Crippen LogP contribution >= 0.6 is 0 Å². The van der Waals surface area contributed by atoms with Crippen molar-refractivity contribution in [1.29, 1.82) is 0 Å². The van der Waals surface area contributed by atoms with Gasteiger partial charge in [0.15, 0.2) is 0 Å². The number of nitrogens with zero attached hydrogens (tertiary/aromatic N) is 1. The lowest BCUT2D eigenvalue weighted by Crippen LogP contribution is -2.33. The second-order valence-corrected chi connectivity index (χ2v) is 5.23. The highest BCUT2D eigenvalue weighted by molar-refractivity contribution is 5.74. The zero-order chi connectivity index (χ0) is 22.3. The maximum absolute atomic E-state index is 10.3. The monoisotopic (exact) mass is 407 g/mol. The molecule has 0 saturated heterocycles. The summed E-state index contributed by atoms with van der Waals surface area (Å²) < 4.78 is 0. The van der Waals surface area contributed by atoms with Crippen molar-refractivity contribution >= 4 is 23.9 Å². The second kappa shape index (κ2) is 15.0. The summed E-state index contributed by atoms with van der Waals surface area (Å²) in [5.74, 6) is -4.37. The maximum atomic E-state index is 10.3. The van der Waals surface area contributed by atoms with E-state index in [1.807, 2.05) is 0 Å². The van der Waals surface area contributed by atoms with Crippen molar-refractivity contribution in [1.82, 2.24) is 9.97 Å². The van der Waals surface area contributed by atoms with Gasteiger partial charge in [-0.15, -0.1) is 0 Å². The molecule has 0 fully saturated rings. The molecule has 0 aromatic carbocycles. The van der Waals surface area contributed by atoms with Crippen LogP contribution in [0.4, 0.5) is 0 Å². The fraction of sp³-hybridized carbons (Fsp3) is 0.500. The molecule has 0 aliphatic rings. The fourth-order valence-electron chi connectivity index (χ4n) is 1.20. The smallest absolute Gasteiger partial charge is 0.322 e. The van der Waals surface area contributed by atoms with E-state index in [0.29, 0.717) is 0 Å². The molecule has 0 spiro atoms. The number of carbonyl (C=O) groups is 4. The number of carboxylic acid groups (broad SMARTS) is 4. The molecule has 0 radical (unpaired) electrons. The van der Waals surface area contributed by atoms with Gasteiger partial charge in [-0.05, 0) is 6.42 Å². The first-order valence-corrected chi connectivity index (χ1v) is 7.67. The van der Waals surface area contributed by atoms with Crippen LogP contribution < -0.4 is 17.2 Å². The zero-order valence-electron chi connectivity index (χ0n) is 14.8. The van der Waals surface area contributed by atoms with Gasteiger partial charge >= 0.3 is 23.9 Å². The summed E-state index contributed by atoms with van der Waals surface area (Å²) in [5, 5.41) is 40.6. The Morgan fingerprint density at radius 1 is 0.929 bits per heavy atom. The van der Waals surface area contributed by atoms with E-state index in [9.17, 15) is 19.2 Å². The Morgan fingerprint density at radius 2 is 1.43 bits per heavy atom. The molecule has 160 valence electrons. The second-order valence-electron chi connectivity index (χ2n) is 5.23. The van der Waals surface area contributed by atoms with E-state index in [0.717, 1.165) is 5.69 Å². The lowest BCUT2D eigenvalue weighted by atomic mass is 10.2. The lowest BCUT2D eigenvalue weighted by Gasteiger charge is -2.02. The van der Waals surface area contributed by atoms with Crippen molar-refractivity contribution in [3.05, 3.63) is 18.2 Å². The highest BCUT2D eigenvalue weighted by Crippen LogP contribution is 1.95. The third kappa shape index (κ3) is 15.2. The molecule has 1 heterocycles. The van der Waals surface area contributed by atoms with Crippen LogP contribution in [0.25, 0.3) is 0 Å². The minimum absolute atomic E-state index is 0.0231. The van der Waals surface area contributed by atoms with Gasteiger partial charge in [0.2, 0.25) is 0 Å². The van der Waals surface area contributed by atoms with Crippen molar-refractivity contribution in [2.75, 3.05) is 6.61 Å². The normalized spacial score (nSPS) is 12.9. The number of aliphatic hydroxyl groups is 1. The van der Waals surface area contributed by atoms with Gasteiger partial charge in [0.1, 0.15) is 18.1 Å². The average Bonchev–Trinajstić information content (AvgIpc) is 3.12. The van der Waals surface area contributed by atoms with Gasteiger partial charge in [-0.1, -0.05) is 0 Å². The van der Waals surface area contributed by atoms with E-state index in [4.69, 9.17) is 42.7 Å². The summed E-state index contributed by atoms with van der Waals surface area (Å²) in [4.78, 5) is 46.3. The summed E-state index contributed by atoms with van der Waals surface area (Å²) in [6, 6.07) is -3.04. The molecule has 0 bridgehead atoms. The summed E-state index contributed by atoms with van der Waals surface area (Å²) in [6.07, 6.45) is 3.11. The molecule has 12 N–H and O–H groups in total. The highest BCUT2D eigenvalue weighted by atomic mass is 16.4. The number of aromatic nitrogens is 2. The van der Waals surface area contributed by atoms with Crippen molar-refractivity contribution in [2.24, 2.45) is 17.2 Å². The molecule has 0 saturated carbocycles. The van der Waals surface area contributed by atoms with E-state index in [1.54, 1.807) is 6.20 Å². The van der Waals surface area contributed by atoms with E-state index < -0.39 is 48.6 Å². The van der Waals surface area contributed by atoms with E-state index in [-0.39, 0.29) is 19.3 Å². The minimum Gasteiger partial charge on any atom is -0.481 e. The summed E-state index contributed by atoms with van der Waals surface area (Å²) in [6.45, 7) is -0.505. The van der Waals surface area contributed by atoms with E-state index in [2.05, 4.69) is 9.97 Å². The van der Waals surface area contributed by atoms with Crippen LogP contribution in [0.2, 0.25) is 0 Å². The van der Waals surface area contributed by atoms with Crippen LogP contribution in [0.5, 0.6) is 0 Å². The molecule has 0 aliphatic carbocycles. The quantitative estimate of drug-likeness (QED) is 0.198. The number of rotatable bonds is 9. The van der Waals surface area contributed by atoms with E-state index in [1.165, 1.54) is 6.33 Å². The standard InChI is InChI=1S/C6H9N3O2.C5H9NO4.C3H7NO3/c7-5(6(10)11)1-4-2-8-3-9-4;6-3(5(9)10)1-2-4(7)8;4-2(1-5)3(6)7/h2-3,5H,1,7H2,(H,8,9)(H,10,11);3H,1-2,6H2,(H,7,8)(H,9,10);2,5H,1,4H2,(H,6,7)/t5-;3-;2-/m000/s1. The molecule has 3 atom stereocenters. The topological polar surface area (TPSA) is 276 Å². The molecule has 1 rings (SSSR count). The van der Waals surface area contributed by atoms with Crippen LogP contribution in [0.3, 0.4) is 0 Å². The number of aromatic amines is 1. The first kappa shape index (κ1) is 27.2. The molecule has 0 unspecified atom stereocenters. The fourth-order valence-corrected chi connectivity index (χ4v) is 1.20. The molecule has 1 aromatic rings. The third-order valence-corrected chi connectivity index (χ3v) is 2.81. The molecule has 1 aromatic heterocycles. The Morgan fingerprint density at radius 3 is 1.71 bits per heavy atom. The van der Waals surface area contributed by atoms with E-state index >= 15 is 0 Å². The molecular weight excluding hydrogens is 382 g/mol. The molecule has 0 aliphatic heterocycles. The number of hydrogen-bond acceptors (Lipinski definition) is 9. The first-order chi connectivity index (χ1) is 12.9. The van der Waals surface area contributed by atoms with Crippen molar-refractivity contribution in [2.45, 2.75) is 37.4 Å². The van der Waals surface area contributed by atoms with Crippen LogP contribution in [0.1, 0.15) is 18.5 Å². The Hall–Kier alpha value is -3.07. The predicted molar refractivity (Wildman–Crippen MR) is 93.1 cm³/mol. The van der Waals surface area contributed by atoms with Crippen molar-refractivity contribution in [3.8, 4) is 0 Å². The Kier molecular flexibility index (Phi) is 14.6. The van der Waals surface area contributed by atoms with Gasteiger partial charge < -0.3 is 47.7 Å². The van der Waals surface area contributed by atoms with Crippen LogP contribution in [0.15, 0.2) is 12.5 Å². The predicted octanol–water partition coefficient (Wildman–Crippen LogP) is -2.98. The van der Waals surface area contributed by atoms with Gasteiger partial charge in [0.05, 0.1) is 12.9 Å². The van der Waals surface area contributed by atoms with Crippen molar-refractivity contribution < 1.29 is 44.7 Å². The number of nitrogens with two attached hydrogens (primary N) is 3. The molecular formula is C14H25N5O9. The van der Waals surface area contributed by atoms with Crippen LogP contribution in [0, 0.1) is 0 Å². The largest absolute Gasteiger partial charge is 0.481 e. The lowest BCUT2D eigenvalue weighted by molar-refractivity contribution is -0.141. The number of nitrogens with one attached hydrogen (secondary N) is 1. The Balaban J connectivity index is 0.